The van der Waals surface area contributed by atoms with Crippen LogP contribution in [0.3, 0.4) is 0 Å². The van der Waals surface area contributed by atoms with Crippen molar-refractivity contribution >= 4 is 5.97 Å². The predicted molar refractivity (Wildman–Crippen MR) is 94.2 cm³/mol. The van der Waals surface area contributed by atoms with Crippen LogP contribution in [0.15, 0.2) is 30.4 Å². The average molecular weight is 329 g/mol. The quantitative estimate of drug-likeness (QED) is 0.520. The molecule has 1 atom stereocenters. The van der Waals surface area contributed by atoms with E-state index in [4.69, 9.17) is 9.47 Å². The molecule has 2 aliphatic rings. The Kier molecular flexibility index (Phi) is 5.91. The molecule has 4 heteroatoms. The second-order valence-corrected chi connectivity index (χ2v) is 6.66. The molecule has 0 radical (unpaired) electrons. The molecule has 0 aromatic heterocycles. The molecule has 24 heavy (non-hydrogen) atoms. The third-order valence-electron chi connectivity index (χ3n) is 4.95. The Bertz CT molecular complexity index is 589. The van der Waals surface area contributed by atoms with Crippen molar-refractivity contribution < 1.29 is 14.3 Å². The van der Waals surface area contributed by atoms with Crippen molar-refractivity contribution in [3.63, 3.8) is 0 Å². The number of methoxy groups -OCH3 is 1. The zero-order valence-corrected chi connectivity index (χ0v) is 14.4. The molecule has 1 aromatic carbocycles. The van der Waals surface area contributed by atoms with Gasteiger partial charge in [-0.05, 0) is 55.4 Å². The summed E-state index contributed by atoms with van der Waals surface area (Å²) >= 11 is 0. The molecule has 1 N–H and O–H groups in total. The predicted octanol–water partition coefficient (Wildman–Crippen LogP) is 3.70. The molecule has 1 saturated carbocycles. The number of carbonyl (C=O) groups is 1. The van der Waals surface area contributed by atoms with Crippen molar-refractivity contribution in [3.05, 3.63) is 41.5 Å². The Morgan fingerprint density at radius 1 is 1.21 bits per heavy atom. The summed E-state index contributed by atoms with van der Waals surface area (Å²) in [6, 6.07) is 6.19. The van der Waals surface area contributed by atoms with Crippen LogP contribution < -0.4 is 10.1 Å². The van der Waals surface area contributed by atoms with Crippen molar-refractivity contribution in [1.82, 2.24) is 5.32 Å². The zero-order chi connectivity index (χ0) is 16.8. The summed E-state index contributed by atoms with van der Waals surface area (Å²) in [7, 11) is 1.68. The summed E-state index contributed by atoms with van der Waals surface area (Å²) in [6.45, 7) is 0.896. The van der Waals surface area contributed by atoms with E-state index < -0.39 is 0 Å². The minimum atomic E-state index is -0.218. The first-order chi connectivity index (χ1) is 11.8. The second-order valence-electron chi connectivity index (χ2n) is 6.66. The number of hydrogen-bond donors (Lipinski definition) is 1. The summed E-state index contributed by atoms with van der Waals surface area (Å²) in [4.78, 5) is 12.1. The third-order valence-corrected chi connectivity index (χ3v) is 4.95. The third kappa shape index (κ3) is 4.38. The van der Waals surface area contributed by atoms with E-state index in [-0.39, 0.29) is 18.1 Å². The molecule has 0 spiro atoms. The Balaban J connectivity index is 1.61. The highest BCUT2D eigenvalue weighted by Gasteiger charge is 2.19. The van der Waals surface area contributed by atoms with Gasteiger partial charge in [-0.3, -0.25) is 0 Å². The van der Waals surface area contributed by atoms with Gasteiger partial charge in [0.05, 0.1) is 13.2 Å². The van der Waals surface area contributed by atoms with Gasteiger partial charge < -0.3 is 14.8 Å². The molecule has 0 saturated heterocycles. The first kappa shape index (κ1) is 17.0. The summed E-state index contributed by atoms with van der Waals surface area (Å²) in [5.41, 5.74) is 2.49. The van der Waals surface area contributed by atoms with Gasteiger partial charge >= 0.3 is 5.97 Å². The largest absolute Gasteiger partial charge is 0.497 e. The SMILES string of the molecule is COc1ccc2c(c1)CCNC2/C=C/C(=O)OC1CCCCCC1. The van der Waals surface area contributed by atoms with Crippen LogP contribution in [0.25, 0.3) is 0 Å². The van der Waals surface area contributed by atoms with Crippen LogP contribution in [0.2, 0.25) is 0 Å². The molecule has 1 aromatic rings. The molecule has 3 rings (SSSR count). The molecule has 1 heterocycles. The fourth-order valence-corrected chi connectivity index (χ4v) is 3.61. The van der Waals surface area contributed by atoms with E-state index >= 15 is 0 Å². The first-order valence-electron chi connectivity index (χ1n) is 9.05. The van der Waals surface area contributed by atoms with E-state index in [1.807, 2.05) is 12.1 Å². The van der Waals surface area contributed by atoms with Crippen molar-refractivity contribution in [2.24, 2.45) is 0 Å². The number of fused-ring (bicyclic) bond motifs is 1. The maximum atomic E-state index is 12.1. The minimum Gasteiger partial charge on any atom is -0.497 e. The molecule has 4 nitrogen and oxygen atoms in total. The van der Waals surface area contributed by atoms with Gasteiger partial charge in [-0.15, -0.1) is 0 Å². The number of esters is 1. The summed E-state index contributed by atoms with van der Waals surface area (Å²) in [5.74, 6) is 0.662. The van der Waals surface area contributed by atoms with Crippen LogP contribution in [0.5, 0.6) is 5.75 Å². The number of benzene rings is 1. The van der Waals surface area contributed by atoms with Gasteiger partial charge in [0.15, 0.2) is 0 Å². The lowest BCUT2D eigenvalue weighted by atomic mass is 9.94. The van der Waals surface area contributed by atoms with Crippen LogP contribution >= 0.6 is 0 Å². The maximum absolute atomic E-state index is 12.1. The summed E-state index contributed by atoms with van der Waals surface area (Å²) in [6.07, 6.45) is 11.4. The Hall–Kier alpha value is -1.81. The monoisotopic (exact) mass is 329 g/mol. The highest BCUT2D eigenvalue weighted by molar-refractivity contribution is 5.82. The van der Waals surface area contributed by atoms with Crippen molar-refractivity contribution in [2.45, 2.75) is 57.1 Å². The molecule has 1 fully saturated rings. The van der Waals surface area contributed by atoms with Gasteiger partial charge in [0.2, 0.25) is 0 Å². The number of rotatable bonds is 4. The highest BCUT2D eigenvalue weighted by atomic mass is 16.5. The average Bonchev–Trinajstić information content (AvgIpc) is 2.88. The molecular formula is C20H27NO3. The fraction of sp³-hybridized carbons (Fsp3) is 0.550. The van der Waals surface area contributed by atoms with Crippen molar-refractivity contribution in [3.8, 4) is 5.75 Å². The smallest absolute Gasteiger partial charge is 0.330 e. The van der Waals surface area contributed by atoms with Crippen molar-refractivity contribution in [1.29, 1.82) is 0 Å². The standard InChI is InChI=1S/C20H27NO3/c1-23-17-8-9-18-15(14-17)12-13-21-19(18)10-11-20(22)24-16-6-4-2-3-5-7-16/h8-11,14,16,19,21H,2-7,12-13H2,1H3/b11-10+. The first-order valence-corrected chi connectivity index (χ1v) is 9.05. The van der Waals surface area contributed by atoms with E-state index in [2.05, 4.69) is 17.4 Å². The van der Waals surface area contributed by atoms with E-state index in [0.717, 1.165) is 31.6 Å². The van der Waals surface area contributed by atoms with Gasteiger partial charge in [-0.25, -0.2) is 4.79 Å². The van der Waals surface area contributed by atoms with Gasteiger partial charge in [0.1, 0.15) is 11.9 Å². The highest BCUT2D eigenvalue weighted by Crippen LogP contribution is 2.27. The Morgan fingerprint density at radius 3 is 2.75 bits per heavy atom. The van der Waals surface area contributed by atoms with E-state index in [1.165, 1.54) is 36.8 Å². The lowest BCUT2D eigenvalue weighted by molar-refractivity contribution is -0.143. The zero-order valence-electron chi connectivity index (χ0n) is 14.4. The molecule has 130 valence electrons. The van der Waals surface area contributed by atoms with Gasteiger partial charge in [0.25, 0.3) is 0 Å². The molecule has 1 aliphatic heterocycles. The number of hydrogen-bond acceptors (Lipinski definition) is 4. The lowest BCUT2D eigenvalue weighted by Crippen LogP contribution is -2.28. The van der Waals surface area contributed by atoms with Crippen LogP contribution in [-0.2, 0) is 16.0 Å². The summed E-state index contributed by atoms with van der Waals surface area (Å²) in [5, 5.41) is 3.45. The van der Waals surface area contributed by atoms with E-state index in [0.29, 0.717) is 0 Å². The van der Waals surface area contributed by atoms with E-state index in [1.54, 1.807) is 13.2 Å². The van der Waals surface area contributed by atoms with Gasteiger partial charge in [0, 0.05) is 12.6 Å². The second kappa shape index (κ2) is 8.34. The molecule has 0 amide bonds. The van der Waals surface area contributed by atoms with Crippen molar-refractivity contribution in [2.75, 3.05) is 13.7 Å². The minimum absolute atomic E-state index is 0.0568. The number of ether oxygens (including phenoxy) is 2. The van der Waals surface area contributed by atoms with Gasteiger partial charge in [-0.2, -0.15) is 0 Å². The molecular weight excluding hydrogens is 302 g/mol. The van der Waals surface area contributed by atoms with Crippen LogP contribution in [0.1, 0.15) is 55.7 Å². The lowest BCUT2D eigenvalue weighted by Gasteiger charge is -2.25. The summed E-state index contributed by atoms with van der Waals surface area (Å²) < 4.78 is 10.9. The molecule has 1 aliphatic carbocycles. The maximum Gasteiger partial charge on any atom is 0.330 e. The van der Waals surface area contributed by atoms with Crippen LogP contribution in [-0.4, -0.2) is 25.7 Å². The number of carbonyl (C=O) groups excluding carboxylic acids is 1. The fourth-order valence-electron chi connectivity index (χ4n) is 3.61. The Morgan fingerprint density at radius 2 is 2.00 bits per heavy atom. The molecule has 0 bridgehead atoms. The van der Waals surface area contributed by atoms with Gasteiger partial charge in [-0.1, -0.05) is 25.0 Å². The number of nitrogens with one attached hydrogen (secondary N) is 1. The molecule has 1 unspecified atom stereocenters. The Labute approximate surface area is 144 Å². The van der Waals surface area contributed by atoms with E-state index in [9.17, 15) is 4.79 Å². The topological polar surface area (TPSA) is 47.6 Å². The van der Waals surface area contributed by atoms with Crippen LogP contribution in [0, 0.1) is 0 Å². The normalized spacial score (nSPS) is 22.0. The van der Waals surface area contributed by atoms with Crippen LogP contribution in [0.4, 0.5) is 0 Å².